The molecule has 3 nitrogen and oxygen atoms in total. The Morgan fingerprint density at radius 3 is 1.83 bits per heavy atom. The molecule has 3 aromatic heterocycles. The van der Waals surface area contributed by atoms with Gasteiger partial charge in [0.15, 0.2) is 0 Å². The maximum atomic E-state index is 4.76. The van der Waals surface area contributed by atoms with Crippen LogP contribution >= 0.6 is 0 Å². The van der Waals surface area contributed by atoms with Crippen molar-refractivity contribution in [1.82, 2.24) is 15.0 Å². The number of aryl methyl sites for hydroxylation is 2. The first-order chi connectivity index (χ1) is 25.6. The van der Waals surface area contributed by atoms with Crippen LogP contribution in [0.25, 0.3) is 77.6 Å². The fourth-order valence-electron chi connectivity index (χ4n) is 6.84. The molecule has 0 atom stereocenters. The predicted molar refractivity (Wildman–Crippen MR) is 216 cm³/mol. The molecule has 9 aromatic rings. The Labute approximate surface area is 324 Å². The van der Waals surface area contributed by atoms with Crippen molar-refractivity contribution in [2.75, 3.05) is 0 Å². The first-order valence-electron chi connectivity index (χ1n) is 17.4. The Kier molecular flexibility index (Phi) is 10.7. The summed E-state index contributed by atoms with van der Waals surface area (Å²) >= 11 is 0. The molecule has 4 heteroatoms. The van der Waals surface area contributed by atoms with E-state index in [-0.39, 0.29) is 20.1 Å². The molecule has 0 spiro atoms. The molecule has 0 fully saturated rings. The van der Waals surface area contributed by atoms with Crippen LogP contribution < -0.4 is 0 Å². The molecule has 3 heterocycles. The van der Waals surface area contributed by atoms with E-state index in [1.165, 1.54) is 55.1 Å². The second-order valence-electron chi connectivity index (χ2n) is 12.8. The van der Waals surface area contributed by atoms with E-state index in [9.17, 15) is 0 Å². The Bertz CT molecular complexity index is 2590. The van der Waals surface area contributed by atoms with Crippen LogP contribution in [0.3, 0.4) is 0 Å². The summed E-state index contributed by atoms with van der Waals surface area (Å²) in [6.45, 7) is 4.40. The van der Waals surface area contributed by atoms with Crippen LogP contribution in [0.4, 0.5) is 0 Å². The van der Waals surface area contributed by atoms with Crippen molar-refractivity contribution in [1.29, 1.82) is 0 Å². The van der Waals surface area contributed by atoms with Gasteiger partial charge < -0.3 is 9.97 Å². The van der Waals surface area contributed by atoms with E-state index in [4.69, 9.17) is 4.98 Å². The van der Waals surface area contributed by atoms with Gasteiger partial charge in [0.2, 0.25) is 0 Å². The van der Waals surface area contributed by atoms with Crippen molar-refractivity contribution in [3.63, 3.8) is 0 Å². The summed E-state index contributed by atoms with van der Waals surface area (Å²) < 4.78 is 0. The van der Waals surface area contributed by atoms with E-state index >= 15 is 0 Å². The zero-order valence-corrected chi connectivity index (χ0v) is 31.8. The molecule has 0 N–H and O–H groups in total. The zero-order chi connectivity index (χ0) is 35.3. The van der Waals surface area contributed by atoms with Gasteiger partial charge in [-0.2, -0.15) is 0 Å². The molecule has 6 aromatic carbocycles. The second kappa shape index (κ2) is 16.1. The Morgan fingerprint density at radius 1 is 0.396 bits per heavy atom. The number of fused-ring (bicyclic) bond motifs is 3. The van der Waals surface area contributed by atoms with E-state index < -0.39 is 0 Å². The summed E-state index contributed by atoms with van der Waals surface area (Å²) in [6.07, 6.45) is 5.49. The molecule has 0 aliphatic heterocycles. The smallest absolute Gasteiger partial charge is 0.0714 e. The van der Waals surface area contributed by atoms with Crippen LogP contribution in [0.15, 0.2) is 176 Å². The van der Waals surface area contributed by atoms with Gasteiger partial charge in [-0.3, -0.25) is 4.98 Å². The number of hydrogen-bond acceptors (Lipinski definition) is 3. The minimum Gasteiger partial charge on any atom is -0.305 e. The SMILES string of the molecule is Cc1cc(C)c(-c2cc3ncccc3c3ccc(-c4ccccc4)cc23)cc1-c1cc[c-]c(-c2ccccn2)c1.[Ir].[c-]1ccccc1-c1ccccn1. The molecule has 257 valence electrons. The molecular weight excluding hydrogens is 823 g/mol. The van der Waals surface area contributed by atoms with E-state index in [1.807, 2.05) is 85.2 Å². The minimum atomic E-state index is 0. The summed E-state index contributed by atoms with van der Waals surface area (Å²) in [5.74, 6) is 0. The zero-order valence-electron chi connectivity index (χ0n) is 29.4. The van der Waals surface area contributed by atoms with Gasteiger partial charge in [-0.05, 0) is 111 Å². The van der Waals surface area contributed by atoms with Crippen LogP contribution in [0.2, 0.25) is 0 Å². The third kappa shape index (κ3) is 7.61. The summed E-state index contributed by atoms with van der Waals surface area (Å²) in [6, 6.07) is 61.0. The van der Waals surface area contributed by atoms with Crippen molar-refractivity contribution in [2.45, 2.75) is 13.8 Å². The number of hydrogen-bond donors (Lipinski definition) is 0. The van der Waals surface area contributed by atoms with Gasteiger partial charge >= 0.3 is 0 Å². The van der Waals surface area contributed by atoms with Gasteiger partial charge in [0.1, 0.15) is 0 Å². The number of nitrogens with zero attached hydrogens (tertiary/aromatic N) is 3. The molecule has 0 unspecified atom stereocenters. The normalized spacial score (nSPS) is 10.7. The number of pyridine rings is 3. The van der Waals surface area contributed by atoms with E-state index in [0.717, 1.165) is 33.6 Å². The summed E-state index contributed by atoms with van der Waals surface area (Å²) in [4.78, 5) is 13.5. The summed E-state index contributed by atoms with van der Waals surface area (Å²) in [7, 11) is 0. The molecule has 9 rings (SSSR count). The maximum absolute atomic E-state index is 4.76. The number of rotatable bonds is 5. The molecule has 0 bridgehead atoms. The van der Waals surface area contributed by atoms with Crippen molar-refractivity contribution >= 4 is 21.7 Å². The second-order valence-corrected chi connectivity index (χ2v) is 12.8. The molecule has 0 saturated carbocycles. The van der Waals surface area contributed by atoms with Crippen molar-refractivity contribution in [3.8, 4) is 55.9 Å². The van der Waals surface area contributed by atoms with Gasteiger partial charge in [-0.25, -0.2) is 0 Å². The monoisotopic (exact) mass is 858 g/mol. The Morgan fingerprint density at radius 2 is 1.09 bits per heavy atom. The first kappa shape index (κ1) is 35.3. The standard InChI is InChI=1S/C38H27N2.C11H8N.Ir/c1-25-20-26(2)34(23-33(25)29-12-8-13-30(21-29)37-15-6-7-18-39-37)36-24-38-32(14-9-19-40-38)31-17-16-28(22-35(31)36)27-10-4-3-5-11-27;1-2-6-10(7-3-1)11-8-4-5-9-12-11;/h3-12,14-24H,1-2H3;1-6,8-9H;/q2*-1;. The molecule has 0 aliphatic carbocycles. The molecule has 0 amide bonds. The van der Waals surface area contributed by atoms with Crippen molar-refractivity contribution < 1.29 is 20.1 Å². The number of aromatic nitrogens is 3. The molecule has 0 aliphatic rings. The van der Waals surface area contributed by atoms with Gasteiger partial charge in [0, 0.05) is 44.1 Å². The summed E-state index contributed by atoms with van der Waals surface area (Å²) in [5, 5.41) is 3.62. The maximum Gasteiger partial charge on any atom is 0.0714 e. The quantitative estimate of drug-likeness (QED) is 0.128. The third-order valence-electron chi connectivity index (χ3n) is 9.39. The Hall–Kier alpha value is -6.06. The number of benzene rings is 6. The topological polar surface area (TPSA) is 38.7 Å². The van der Waals surface area contributed by atoms with Crippen LogP contribution in [0, 0.1) is 26.0 Å². The van der Waals surface area contributed by atoms with Gasteiger partial charge in [0.05, 0.1) is 5.52 Å². The Balaban J connectivity index is 0.000000284. The fraction of sp³-hybridized carbons (Fsp3) is 0.0408. The minimum absolute atomic E-state index is 0. The summed E-state index contributed by atoms with van der Waals surface area (Å²) in [5.41, 5.74) is 14.6. The van der Waals surface area contributed by atoms with Crippen LogP contribution in [-0.4, -0.2) is 15.0 Å². The van der Waals surface area contributed by atoms with Crippen molar-refractivity contribution in [3.05, 3.63) is 200 Å². The molecule has 0 saturated heterocycles. The van der Waals surface area contributed by atoms with Gasteiger partial charge in [-0.15, -0.1) is 71.3 Å². The average Bonchev–Trinajstić information content (AvgIpc) is 3.22. The largest absolute Gasteiger partial charge is 0.305 e. The van der Waals surface area contributed by atoms with Crippen LogP contribution in [-0.2, 0) is 20.1 Å². The van der Waals surface area contributed by atoms with E-state index in [1.54, 1.807) is 6.20 Å². The first-order valence-corrected chi connectivity index (χ1v) is 17.4. The van der Waals surface area contributed by atoms with Crippen LogP contribution in [0.5, 0.6) is 0 Å². The molecule has 53 heavy (non-hydrogen) atoms. The van der Waals surface area contributed by atoms with E-state index in [0.29, 0.717) is 0 Å². The fourth-order valence-corrected chi connectivity index (χ4v) is 6.84. The third-order valence-corrected chi connectivity index (χ3v) is 9.39. The molecule has 1 radical (unpaired) electrons. The van der Waals surface area contributed by atoms with E-state index in [2.05, 4.69) is 121 Å². The van der Waals surface area contributed by atoms with Crippen molar-refractivity contribution in [2.24, 2.45) is 0 Å². The predicted octanol–water partition coefficient (Wildman–Crippen LogP) is 12.4. The molecular formula is C49H35IrN3-2. The van der Waals surface area contributed by atoms with Gasteiger partial charge in [-0.1, -0.05) is 78.9 Å². The van der Waals surface area contributed by atoms with Crippen LogP contribution in [0.1, 0.15) is 11.1 Å². The average molecular weight is 858 g/mol. The van der Waals surface area contributed by atoms with Gasteiger partial charge in [0.25, 0.3) is 0 Å².